The summed E-state index contributed by atoms with van der Waals surface area (Å²) in [5.41, 5.74) is 0.959. The molecule has 5 nitrogen and oxygen atoms in total. The van der Waals surface area contributed by atoms with Crippen molar-refractivity contribution < 1.29 is 14.6 Å². The third-order valence-electron chi connectivity index (χ3n) is 3.57. The van der Waals surface area contributed by atoms with Gasteiger partial charge in [0.25, 0.3) is 0 Å². The molecule has 22 heavy (non-hydrogen) atoms. The third-order valence-corrected chi connectivity index (χ3v) is 3.57. The average Bonchev–Trinajstić information content (AvgIpc) is 3.27. The van der Waals surface area contributed by atoms with Crippen LogP contribution in [0.25, 0.3) is 0 Å². The van der Waals surface area contributed by atoms with E-state index in [9.17, 15) is 9.90 Å². The lowest BCUT2D eigenvalue weighted by Crippen LogP contribution is -2.39. The van der Waals surface area contributed by atoms with Gasteiger partial charge in [0.1, 0.15) is 5.75 Å². The summed E-state index contributed by atoms with van der Waals surface area (Å²) < 4.78 is 4.95. The molecule has 1 saturated carbocycles. The van der Waals surface area contributed by atoms with Crippen molar-refractivity contribution in [1.29, 1.82) is 0 Å². The maximum atomic E-state index is 12.3. The van der Waals surface area contributed by atoms with E-state index in [0.717, 1.165) is 12.1 Å². The smallest absolute Gasteiger partial charge is 0.236 e. The summed E-state index contributed by atoms with van der Waals surface area (Å²) in [5.74, 6) is 0.983. The standard InChI is InChI=1S/C16H24N2O3.ClH/c1-21-8-7-17-10-16(20)18(11-13-5-6-13)12-14-3-2-4-15(19)9-14;/h2-4,9,13,17,19H,5-8,10-12H2,1H3;1H. The first kappa shape index (κ1) is 18.7. The number of nitrogens with zero attached hydrogens (tertiary/aromatic N) is 1. The van der Waals surface area contributed by atoms with Crippen LogP contribution in [0.2, 0.25) is 0 Å². The fourth-order valence-corrected chi connectivity index (χ4v) is 2.22. The molecule has 1 aliphatic rings. The van der Waals surface area contributed by atoms with Crippen LogP contribution < -0.4 is 5.32 Å². The Morgan fingerprint density at radius 2 is 2.23 bits per heavy atom. The maximum absolute atomic E-state index is 12.3. The fourth-order valence-electron chi connectivity index (χ4n) is 2.22. The van der Waals surface area contributed by atoms with Crippen molar-refractivity contribution in [1.82, 2.24) is 10.2 Å². The lowest BCUT2D eigenvalue weighted by Gasteiger charge is -2.23. The molecule has 1 fully saturated rings. The number of benzene rings is 1. The van der Waals surface area contributed by atoms with E-state index in [1.165, 1.54) is 12.8 Å². The Kier molecular flexibility index (Phi) is 8.24. The second-order valence-electron chi connectivity index (χ2n) is 5.56. The summed E-state index contributed by atoms with van der Waals surface area (Å²) in [6.07, 6.45) is 2.42. The third kappa shape index (κ3) is 6.64. The minimum atomic E-state index is 0. The monoisotopic (exact) mass is 328 g/mol. The van der Waals surface area contributed by atoms with Gasteiger partial charge in [-0.2, -0.15) is 0 Å². The Morgan fingerprint density at radius 3 is 2.86 bits per heavy atom. The van der Waals surface area contributed by atoms with Gasteiger partial charge < -0.3 is 20.1 Å². The molecule has 0 heterocycles. The normalized spacial score (nSPS) is 13.5. The predicted molar refractivity (Wildman–Crippen MR) is 88.2 cm³/mol. The molecule has 0 aromatic heterocycles. The van der Waals surface area contributed by atoms with E-state index < -0.39 is 0 Å². The second kappa shape index (κ2) is 9.66. The van der Waals surface area contributed by atoms with Gasteiger partial charge in [0.2, 0.25) is 5.91 Å². The number of nitrogens with one attached hydrogen (secondary N) is 1. The SMILES string of the molecule is COCCNCC(=O)N(Cc1cccc(O)c1)CC1CC1.Cl. The van der Waals surface area contributed by atoms with Crippen LogP contribution in [-0.4, -0.2) is 49.3 Å². The van der Waals surface area contributed by atoms with Crippen LogP contribution in [0.5, 0.6) is 5.75 Å². The summed E-state index contributed by atoms with van der Waals surface area (Å²) in [6.45, 7) is 2.96. The van der Waals surface area contributed by atoms with Crippen molar-refractivity contribution in [3.63, 3.8) is 0 Å². The lowest BCUT2D eigenvalue weighted by molar-refractivity contribution is -0.131. The predicted octanol–water partition coefficient (Wildman–Crippen LogP) is 1.79. The highest BCUT2D eigenvalue weighted by Gasteiger charge is 2.26. The zero-order valence-corrected chi connectivity index (χ0v) is 13.8. The number of carbonyl (C=O) groups excluding carboxylic acids is 1. The van der Waals surface area contributed by atoms with Crippen molar-refractivity contribution in [3.8, 4) is 5.75 Å². The summed E-state index contributed by atoms with van der Waals surface area (Å²) in [6, 6.07) is 7.10. The molecular weight excluding hydrogens is 304 g/mol. The Morgan fingerprint density at radius 1 is 1.45 bits per heavy atom. The van der Waals surface area contributed by atoms with Gasteiger partial charge in [-0.05, 0) is 36.5 Å². The molecule has 1 amide bonds. The molecule has 124 valence electrons. The lowest BCUT2D eigenvalue weighted by atomic mass is 10.2. The molecule has 0 saturated heterocycles. The van der Waals surface area contributed by atoms with Crippen LogP contribution >= 0.6 is 12.4 Å². The molecule has 0 bridgehead atoms. The Labute approximate surface area is 138 Å². The van der Waals surface area contributed by atoms with Crippen LogP contribution in [0, 0.1) is 5.92 Å². The number of rotatable bonds is 9. The number of carbonyl (C=O) groups is 1. The van der Waals surface area contributed by atoms with Crippen molar-refractivity contribution in [3.05, 3.63) is 29.8 Å². The van der Waals surface area contributed by atoms with Gasteiger partial charge in [0, 0.05) is 26.7 Å². The molecule has 1 aromatic carbocycles. The number of phenolic OH excluding ortho intramolecular Hbond substituents is 1. The number of methoxy groups -OCH3 is 1. The molecule has 2 N–H and O–H groups in total. The summed E-state index contributed by atoms with van der Waals surface area (Å²) in [5, 5.41) is 12.6. The largest absolute Gasteiger partial charge is 0.508 e. The number of ether oxygens (including phenoxy) is 1. The van der Waals surface area contributed by atoms with Crippen LogP contribution in [0.3, 0.4) is 0 Å². The first-order valence-electron chi connectivity index (χ1n) is 7.44. The Bertz CT molecular complexity index is 466. The second-order valence-corrected chi connectivity index (χ2v) is 5.56. The van der Waals surface area contributed by atoms with Gasteiger partial charge in [-0.1, -0.05) is 12.1 Å². The Balaban J connectivity index is 0.00000242. The molecule has 0 spiro atoms. The van der Waals surface area contributed by atoms with Crippen LogP contribution in [-0.2, 0) is 16.1 Å². The zero-order chi connectivity index (χ0) is 15.1. The van der Waals surface area contributed by atoms with Gasteiger partial charge in [-0.15, -0.1) is 12.4 Å². The van der Waals surface area contributed by atoms with Gasteiger partial charge in [-0.25, -0.2) is 0 Å². The molecule has 0 radical (unpaired) electrons. The average molecular weight is 329 g/mol. The number of hydrogen-bond donors (Lipinski definition) is 2. The van der Waals surface area contributed by atoms with Crippen LogP contribution in [0.15, 0.2) is 24.3 Å². The number of aromatic hydroxyl groups is 1. The van der Waals surface area contributed by atoms with Gasteiger partial charge in [-0.3, -0.25) is 4.79 Å². The molecule has 1 aromatic rings. The van der Waals surface area contributed by atoms with E-state index in [1.54, 1.807) is 25.3 Å². The van der Waals surface area contributed by atoms with Gasteiger partial charge >= 0.3 is 0 Å². The van der Waals surface area contributed by atoms with E-state index in [4.69, 9.17) is 4.74 Å². The first-order valence-corrected chi connectivity index (χ1v) is 7.44. The minimum absolute atomic E-state index is 0. The number of halogens is 1. The van der Waals surface area contributed by atoms with Crippen molar-refractivity contribution in [2.45, 2.75) is 19.4 Å². The topological polar surface area (TPSA) is 61.8 Å². The van der Waals surface area contributed by atoms with Crippen molar-refractivity contribution in [2.75, 3.05) is 33.4 Å². The quantitative estimate of drug-likeness (QED) is 0.678. The van der Waals surface area contributed by atoms with Crippen molar-refractivity contribution in [2.24, 2.45) is 5.92 Å². The highest BCUT2D eigenvalue weighted by molar-refractivity contribution is 5.85. The van der Waals surface area contributed by atoms with E-state index in [-0.39, 0.29) is 24.1 Å². The molecule has 0 aliphatic heterocycles. The summed E-state index contributed by atoms with van der Waals surface area (Å²) >= 11 is 0. The Hall–Kier alpha value is -1.30. The van der Waals surface area contributed by atoms with Crippen molar-refractivity contribution >= 4 is 18.3 Å². The molecule has 0 unspecified atom stereocenters. The van der Waals surface area contributed by atoms with Gasteiger partial charge in [0.15, 0.2) is 0 Å². The highest BCUT2D eigenvalue weighted by atomic mass is 35.5. The fraction of sp³-hybridized carbons (Fsp3) is 0.562. The number of amides is 1. The van der Waals surface area contributed by atoms with Crippen LogP contribution in [0.4, 0.5) is 0 Å². The first-order chi connectivity index (χ1) is 10.2. The highest BCUT2D eigenvalue weighted by Crippen LogP contribution is 2.30. The molecule has 2 rings (SSSR count). The summed E-state index contributed by atoms with van der Waals surface area (Å²) in [4.78, 5) is 14.2. The van der Waals surface area contributed by atoms with Gasteiger partial charge in [0.05, 0.1) is 13.2 Å². The number of hydrogen-bond acceptors (Lipinski definition) is 4. The van der Waals surface area contributed by atoms with E-state index in [1.807, 2.05) is 11.0 Å². The van der Waals surface area contributed by atoms with E-state index >= 15 is 0 Å². The van der Waals surface area contributed by atoms with E-state index in [2.05, 4.69) is 5.32 Å². The minimum Gasteiger partial charge on any atom is -0.508 e. The molecule has 1 aliphatic carbocycles. The van der Waals surface area contributed by atoms with E-state index in [0.29, 0.717) is 32.2 Å². The van der Waals surface area contributed by atoms with Crippen LogP contribution in [0.1, 0.15) is 18.4 Å². The molecular formula is C16H25ClN2O3. The summed E-state index contributed by atoms with van der Waals surface area (Å²) in [7, 11) is 1.64. The molecule has 0 atom stereocenters. The zero-order valence-electron chi connectivity index (χ0n) is 13.0. The maximum Gasteiger partial charge on any atom is 0.236 e. The number of phenols is 1. The molecule has 6 heteroatoms.